The van der Waals surface area contributed by atoms with Gasteiger partial charge >= 0.3 is 12.1 Å². The summed E-state index contributed by atoms with van der Waals surface area (Å²) < 4.78 is 39.3. The molecule has 0 atom stereocenters. The summed E-state index contributed by atoms with van der Waals surface area (Å²) in [6.45, 7) is 4.22. The number of fused-ring (bicyclic) bond motifs is 1. The number of halogens is 3. The number of benzene rings is 2. The fraction of sp³-hybridized carbons (Fsp3) is 0.222. The molecule has 34 heavy (non-hydrogen) atoms. The van der Waals surface area contributed by atoms with E-state index in [-0.39, 0.29) is 22.2 Å². The number of carbonyl (C=O) groups is 1. The van der Waals surface area contributed by atoms with Gasteiger partial charge in [-0.3, -0.25) is 4.98 Å². The molecule has 0 saturated carbocycles. The lowest BCUT2D eigenvalue weighted by Crippen LogP contribution is -2.06. The number of carboxylic acid groups (broad SMARTS) is 1. The first kappa shape index (κ1) is 23.4. The van der Waals surface area contributed by atoms with Crippen LogP contribution in [-0.4, -0.2) is 21.0 Å². The van der Waals surface area contributed by atoms with Crippen LogP contribution in [0.15, 0.2) is 60.8 Å². The third-order valence-corrected chi connectivity index (χ3v) is 5.81. The van der Waals surface area contributed by atoms with Crippen molar-refractivity contribution in [1.82, 2.24) is 9.97 Å². The van der Waals surface area contributed by atoms with Gasteiger partial charge in [0.2, 0.25) is 0 Å². The summed E-state index contributed by atoms with van der Waals surface area (Å²) in [5.41, 5.74) is 4.10. The van der Waals surface area contributed by atoms with Crippen LogP contribution in [0.1, 0.15) is 46.8 Å². The predicted molar refractivity (Wildman–Crippen MR) is 126 cm³/mol. The molecule has 0 spiro atoms. The molecule has 174 valence electrons. The van der Waals surface area contributed by atoms with Gasteiger partial charge in [0.15, 0.2) is 0 Å². The molecule has 2 aromatic heterocycles. The van der Waals surface area contributed by atoms with Crippen molar-refractivity contribution in [2.24, 2.45) is 0 Å². The van der Waals surface area contributed by atoms with Gasteiger partial charge in [-0.2, -0.15) is 13.2 Å². The van der Waals surface area contributed by atoms with Crippen LogP contribution in [0.4, 0.5) is 13.2 Å². The number of nitrogens with zero attached hydrogens (tertiary/aromatic N) is 2. The topological polar surface area (TPSA) is 63.1 Å². The summed E-state index contributed by atoms with van der Waals surface area (Å²) in [7, 11) is 0. The molecule has 0 aliphatic heterocycles. The fourth-order valence-corrected chi connectivity index (χ4v) is 4.00. The summed E-state index contributed by atoms with van der Waals surface area (Å²) in [6, 6.07) is 14.2. The molecular formula is C27H23F3N2O2. The molecule has 1 N–H and O–H groups in total. The van der Waals surface area contributed by atoms with Crippen molar-refractivity contribution in [1.29, 1.82) is 0 Å². The number of aryl methyl sites for hydroxylation is 2. The van der Waals surface area contributed by atoms with Crippen LogP contribution in [0.5, 0.6) is 0 Å². The molecule has 7 heteroatoms. The highest BCUT2D eigenvalue weighted by molar-refractivity contribution is 6.03. The first-order chi connectivity index (χ1) is 16.2. The van der Waals surface area contributed by atoms with E-state index in [1.807, 2.05) is 6.07 Å². The zero-order valence-electron chi connectivity index (χ0n) is 18.8. The number of unbranched alkanes of at least 4 members (excludes halogenated alkanes) is 1. The average molecular weight is 464 g/mol. The Kier molecular flexibility index (Phi) is 6.37. The normalized spacial score (nSPS) is 11.7. The van der Waals surface area contributed by atoms with Crippen LogP contribution in [-0.2, 0) is 12.6 Å². The molecule has 0 bridgehead atoms. The van der Waals surface area contributed by atoms with Gasteiger partial charge in [-0.15, -0.1) is 0 Å². The average Bonchev–Trinajstić information content (AvgIpc) is 2.81. The van der Waals surface area contributed by atoms with Crippen molar-refractivity contribution in [3.8, 4) is 22.5 Å². The number of hydrogen-bond donors (Lipinski definition) is 1. The molecule has 0 fully saturated rings. The minimum absolute atomic E-state index is 0.0681. The number of hydrogen-bond acceptors (Lipinski definition) is 3. The molecule has 4 rings (SSSR count). The second-order valence-electron chi connectivity index (χ2n) is 8.27. The molecule has 0 saturated heterocycles. The monoisotopic (exact) mass is 464 g/mol. The maximum Gasteiger partial charge on any atom is 0.416 e. The lowest BCUT2D eigenvalue weighted by Gasteiger charge is -2.11. The van der Waals surface area contributed by atoms with E-state index in [0.29, 0.717) is 5.69 Å². The number of pyridine rings is 2. The molecule has 0 unspecified atom stereocenters. The zero-order chi connectivity index (χ0) is 24.5. The van der Waals surface area contributed by atoms with Crippen molar-refractivity contribution in [3.63, 3.8) is 0 Å². The summed E-state index contributed by atoms with van der Waals surface area (Å²) >= 11 is 0. The van der Waals surface area contributed by atoms with Gasteiger partial charge in [0.25, 0.3) is 0 Å². The Morgan fingerprint density at radius 1 is 1.00 bits per heavy atom. The van der Waals surface area contributed by atoms with Crippen molar-refractivity contribution in [2.45, 2.75) is 39.3 Å². The maximum absolute atomic E-state index is 13.1. The summed E-state index contributed by atoms with van der Waals surface area (Å²) in [5, 5.41) is 9.55. The van der Waals surface area contributed by atoms with Crippen molar-refractivity contribution in [3.05, 3.63) is 83.0 Å². The molecule has 0 amide bonds. The van der Waals surface area contributed by atoms with Gasteiger partial charge in [-0.05, 0) is 66.8 Å². The number of carboxylic acids is 1. The maximum atomic E-state index is 13.1. The smallest absolute Gasteiger partial charge is 0.416 e. The summed E-state index contributed by atoms with van der Waals surface area (Å²) in [5.74, 6) is -1.33. The Labute approximate surface area is 195 Å². The van der Waals surface area contributed by atoms with Gasteiger partial charge in [-0.25, -0.2) is 9.78 Å². The number of alkyl halides is 3. The third-order valence-electron chi connectivity index (χ3n) is 5.81. The Hall–Kier alpha value is -3.74. The molecule has 0 radical (unpaired) electrons. The van der Waals surface area contributed by atoms with Gasteiger partial charge in [-0.1, -0.05) is 37.6 Å². The third kappa shape index (κ3) is 4.78. The van der Waals surface area contributed by atoms with Crippen LogP contribution in [0.2, 0.25) is 0 Å². The highest BCUT2D eigenvalue weighted by atomic mass is 19.4. The van der Waals surface area contributed by atoms with E-state index in [2.05, 4.69) is 42.0 Å². The van der Waals surface area contributed by atoms with Crippen molar-refractivity contribution < 1.29 is 23.1 Å². The van der Waals surface area contributed by atoms with Crippen LogP contribution in [0.25, 0.3) is 33.4 Å². The molecule has 4 aromatic rings. The Balaban J connectivity index is 1.71. The van der Waals surface area contributed by atoms with E-state index in [9.17, 15) is 23.1 Å². The molecule has 4 nitrogen and oxygen atoms in total. The number of aromatic nitrogens is 2. The predicted octanol–water partition coefficient (Wildman–Crippen LogP) is 7.33. The quantitative estimate of drug-likeness (QED) is 0.324. The molecular weight excluding hydrogens is 441 g/mol. The molecule has 2 heterocycles. The summed E-state index contributed by atoms with van der Waals surface area (Å²) in [6.07, 6.45) is 0.444. The number of aromatic carboxylic acids is 1. The van der Waals surface area contributed by atoms with Gasteiger partial charge < -0.3 is 5.11 Å². The second kappa shape index (κ2) is 9.25. The minimum atomic E-state index is -4.58. The Morgan fingerprint density at radius 3 is 2.41 bits per heavy atom. The standard InChI is InChI=1S/C27H23F3N2O2/c1-3-4-5-17-6-9-20(16(2)12-17)18-7-10-24(31-15-18)25-14-22(26(33)34)21-13-19(27(28,29)30)8-11-23(21)32-25/h6-15H,3-5H2,1-2H3,(H,33,34). The minimum Gasteiger partial charge on any atom is -0.478 e. The van der Waals surface area contributed by atoms with Gasteiger partial charge in [0.05, 0.1) is 28.0 Å². The van der Waals surface area contributed by atoms with E-state index < -0.39 is 17.7 Å². The highest BCUT2D eigenvalue weighted by Crippen LogP contribution is 2.33. The van der Waals surface area contributed by atoms with Crippen molar-refractivity contribution in [2.75, 3.05) is 0 Å². The van der Waals surface area contributed by atoms with Crippen LogP contribution >= 0.6 is 0 Å². The largest absolute Gasteiger partial charge is 0.478 e. The van der Waals surface area contributed by atoms with Gasteiger partial charge in [0.1, 0.15) is 0 Å². The molecule has 0 aliphatic rings. The van der Waals surface area contributed by atoms with E-state index in [4.69, 9.17) is 0 Å². The highest BCUT2D eigenvalue weighted by Gasteiger charge is 2.31. The lowest BCUT2D eigenvalue weighted by molar-refractivity contribution is -0.137. The fourth-order valence-electron chi connectivity index (χ4n) is 4.00. The molecule has 0 aliphatic carbocycles. The van der Waals surface area contributed by atoms with E-state index >= 15 is 0 Å². The Bertz CT molecular complexity index is 1360. The van der Waals surface area contributed by atoms with Crippen molar-refractivity contribution >= 4 is 16.9 Å². The van der Waals surface area contributed by atoms with E-state index in [1.54, 1.807) is 12.3 Å². The van der Waals surface area contributed by atoms with Crippen LogP contribution in [0, 0.1) is 6.92 Å². The SMILES string of the molecule is CCCCc1ccc(-c2ccc(-c3cc(C(=O)O)c4cc(C(F)(F)F)ccc4n3)nc2)c(C)c1. The second-order valence-corrected chi connectivity index (χ2v) is 8.27. The zero-order valence-corrected chi connectivity index (χ0v) is 18.8. The van der Waals surface area contributed by atoms with E-state index in [0.717, 1.165) is 48.1 Å². The first-order valence-electron chi connectivity index (χ1n) is 11.0. The number of rotatable bonds is 6. The van der Waals surface area contributed by atoms with Crippen LogP contribution in [0.3, 0.4) is 0 Å². The van der Waals surface area contributed by atoms with Gasteiger partial charge in [0, 0.05) is 17.1 Å². The van der Waals surface area contributed by atoms with Crippen LogP contribution < -0.4 is 0 Å². The summed E-state index contributed by atoms with van der Waals surface area (Å²) in [4.78, 5) is 20.6. The molecule has 2 aromatic carbocycles. The Morgan fingerprint density at radius 2 is 1.79 bits per heavy atom. The van der Waals surface area contributed by atoms with E-state index in [1.165, 1.54) is 17.7 Å². The lowest BCUT2D eigenvalue weighted by atomic mass is 9.97. The first-order valence-corrected chi connectivity index (χ1v) is 11.0.